The van der Waals surface area contributed by atoms with E-state index in [2.05, 4.69) is 0 Å². The fourth-order valence-electron chi connectivity index (χ4n) is 1.93. The van der Waals surface area contributed by atoms with Crippen LogP contribution in [0.1, 0.15) is 19.8 Å². The molecule has 18 heavy (non-hydrogen) atoms. The van der Waals surface area contributed by atoms with Gasteiger partial charge in [0.25, 0.3) is 0 Å². The lowest BCUT2D eigenvalue weighted by Crippen LogP contribution is -2.33. The van der Waals surface area contributed by atoms with Crippen LogP contribution in [0.3, 0.4) is 0 Å². The van der Waals surface area contributed by atoms with Crippen LogP contribution < -0.4 is 5.73 Å². The van der Waals surface area contributed by atoms with E-state index in [9.17, 15) is 8.42 Å². The second kappa shape index (κ2) is 4.89. The van der Waals surface area contributed by atoms with Gasteiger partial charge in [0.1, 0.15) is 4.90 Å². The minimum Gasteiger partial charge on any atom is -0.399 e. The largest absolute Gasteiger partial charge is 0.399 e. The lowest BCUT2D eigenvalue weighted by Gasteiger charge is -2.21. The summed E-state index contributed by atoms with van der Waals surface area (Å²) in [6.07, 6.45) is 1.77. The maximum Gasteiger partial charge on any atom is 0.246 e. The SMILES string of the molecule is CCN(C1CC1)S(=O)(=O)c1c(Cl)cc(N)cc1Cl. The summed E-state index contributed by atoms with van der Waals surface area (Å²) in [7, 11) is -3.65. The maximum atomic E-state index is 12.5. The molecule has 0 spiro atoms. The van der Waals surface area contributed by atoms with Crippen LogP contribution in [0.5, 0.6) is 0 Å². The van der Waals surface area contributed by atoms with Gasteiger partial charge in [-0.05, 0) is 25.0 Å². The molecule has 0 radical (unpaired) electrons. The van der Waals surface area contributed by atoms with Crippen molar-refractivity contribution in [2.75, 3.05) is 12.3 Å². The summed E-state index contributed by atoms with van der Waals surface area (Å²) in [5, 5.41) is 0.137. The quantitative estimate of drug-likeness (QED) is 0.870. The van der Waals surface area contributed by atoms with Crippen LogP contribution in [0.25, 0.3) is 0 Å². The van der Waals surface area contributed by atoms with Crippen molar-refractivity contribution in [3.63, 3.8) is 0 Å². The summed E-state index contributed by atoms with van der Waals surface area (Å²) < 4.78 is 26.5. The number of nitrogens with two attached hydrogens (primary N) is 1. The molecule has 0 saturated heterocycles. The lowest BCUT2D eigenvalue weighted by molar-refractivity contribution is 0.421. The zero-order chi connectivity index (χ0) is 13.5. The van der Waals surface area contributed by atoms with Crippen LogP contribution in [0.4, 0.5) is 5.69 Å². The molecule has 2 N–H and O–H groups in total. The standard InChI is InChI=1S/C11H14Cl2N2O2S/c1-2-15(8-3-4-8)18(16,17)11-9(12)5-7(14)6-10(11)13/h5-6,8H,2-4,14H2,1H3. The van der Waals surface area contributed by atoms with Crippen molar-refractivity contribution in [2.45, 2.75) is 30.7 Å². The highest BCUT2D eigenvalue weighted by Gasteiger charge is 2.38. The van der Waals surface area contributed by atoms with E-state index in [-0.39, 0.29) is 21.0 Å². The number of sulfonamides is 1. The highest BCUT2D eigenvalue weighted by atomic mass is 35.5. The zero-order valence-electron chi connectivity index (χ0n) is 9.86. The Balaban J connectivity index is 2.53. The molecule has 1 aliphatic rings. The Hall–Kier alpha value is -0.490. The van der Waals surface area contributed by atoms with Crippen LogP contribution >= 0.6 is 23.2 Å². The molecule has 1 saturated carbocycles. The van der Waals surface area contributed by atoms with E-state index in [0.717, 1.165) is 12.8 Å². The van der Waals surface area contributed by atoms with Gasteiger partial charge in [-0.1, -0.05) is 30.1 Å². The molecule has 0 aromatic heterocycles. The van der Waals surface area contributed by atoms with Gasteiger partial charge in [0.05, 0.1) is 10.0 Å². The summed E-state index contributed by atoms with van der Waals surface area (Å²) in [5.41, 5.74) is 5.92. The predicted molar refractivity (Wildman–Crippen MR) is 73.5 cm³/mol. The number of hydrogen-bond donors (Lipinski definition) is 1. The van der Waals surface area contributed by atoms with E-state index < -0.39 is 10.0 Å². The lowest BCUT2D eigenvalue weighted by atomic mass is 10.3. The van der Waals surface area contributed by atoms with Crippen molar-refractivity contribution < 1.29 is 8.42 Å². The second-order valence-corrected chi connectivity index (χ2v) is 6.90. The van der Waals surface area contributed by atoms with Crippen molar-refractivity contribution in [2.24, 2.45) is 0 Å². The molecule has 1 aliphatic carbocycles. The van der Waals surface area contributed by atoms with Crippen LogP contribution in [-0.4, -0.2) is 25.3 Å². The van der Waals surface area contributed by atoms with Crippen LogP contribution in [0.2, 0.25) is 10.0 Å². The highest BCUT2D eigenvalue weighted by Crippen LogP contribution is 2.38. The summed E-state index contributed by atoms with van der Waals surface area (Å²) in [4.78, 5) is -0.0474. The van der Waals surface area contributed by atoms with E-state index in [1.807, 2.05) is 0 Å². The Morgan fingerprint density at radius 1 is 1.33 bits per heavy atom. The molecule has 1 aromatic rings. The molecule has 1 aromatic carbocycles. The zero-order valence-corrected chi connectivity index (χ0v) is 12.2. The monoisotopic (exact) mass is 308 g/mol. The van der Waals surface area contributed by atoms with Gasteiger partial charge in [0, 0.05) is 18.3 Å². The molecule has 4 nitrogen and oxygen atoms in total. The number of halogens is 2. The van der Waals surface area contributed by atoms with Gasteiger partial charge in [-0.2, -0.15) is 4.31 Å². The van der Waals surface area contributed by atoms with Crippen molar-refractivity contribution in [3.05, 3.63) is 22.2 Å². The Morgan fingerprint density at radius 2 is 1.83 bits per heavy atom. The van der Waals surface area contributed by atoms with E-state index >= 15 is 0 Å². The third-order valence-electron chi connectivity index (χ3n) is 2.85. The molecule has 0 amide bonds. The van der Waals surface area contributed by atoms with Gasteiger partial charge in [0.15, 0.2) is 0 Å². The summed E-state index contributed by atoms with van der Waals surface area (Å²) in [6, 6.07) is 2.88. The predicted octanol–water partition coefficient (Wildman–Crippen LogP) is 2.75. The Kier molecular flexibility index (Phi) is 3.78. The van der Waals surface area contributed by atoms with Crippen molar-refractivity contribution in [1.82, 2.24) is 4.31 Å². The van der Waals surface area contributed by atoms with E-state index in [1.165, 1.54) is 16.4 Å². The molecule has 0 heterocycles. The average Bonchev–Trinajstić information content (AvgIpc) is 2.99. The van der Waals surface area contributed by atoms with E-state index in [1.54, 1.807) is 6.92 Å². The average molecular weight is 309 g/mol. The Bertz CT molecular complexity index is 547. The third-order valence-corrected chi connectivity index (χ3v) is 5.80. The number of nitrogen functional groups attached to an aromatic ring is 1. The minimum atomic E-state index is -3.65. The minimum absolute atomic E-state index is 0.0474. The number of rotatable bonds is 4. The number of hydrogen-bond acceptors (Lipinski definition) is 3. The molecule has 1 fully saturated rings. The first-order valence-electron chi connectivity index (χ1n) is 5.64. The van der Waals surface area contributed by atoms with Gasteiger partial charge in [-0.3, -0.25) is 0 Å². The fourth-order valence-corrected chi connectivity index (χ4v) is 4.81. The van der Waals surface area contributed by atoms with Crippen molar-refractivity contribution in [1.29, 1.82) is 0 Å². The van der Waals surface area contributed by atoms with Gasteiger partial charge in [0.2, 0.25) is 10.0 Å². The van der Waals surface area contributed by atoms with Crippen molar-refractivity contribution in [3.8, 4) is 0 Å². The van der Waals surface area contributed by atoms with E-state index in [0.29, 0.717) is 12.2 Å². The highest BCUT2D eigenvalue weighted by molar-refractivity contribution is 7.89. The van der Waals surface area contributed by atoms with Gasteiger partial charge in [-0.15, -0.1) is 0 Å². The van der Waals surface area contributed by atoms with Crippen LogP contribution in [-0.2, 0) is 10.0 Å². The fraction of sp³-hybridized carbons (Fsp3) is 0.455. The molecule has 0 atom stereocenters. The molecular weight excluding hydrogens is 295 g/mol. The summed E-state index contributed by atoms with van der Waals surface area (Å²) in [6.45, 7) is 2.21. The first-order valence-corrected chi connectivity index (χ1v) is 7.84. The third kappa shape index (κ3) is 2.45. The smallest absolute Gasteiger partial charge is 0.246 e. The molecule has 0 aliphatic heterocycles. The second-order valence-electron chi connectivity index (χ2n) is 4.25. The van der Waals surface area contributed by atoms with Crippen LogP contribution in [0, 0.1) is 0 Å². The van der Waals surface area contributed by atoms with Crippen molar-refractivity contribution >= 4 is 38.9 Å². The molecule has 100 valence electrons. The van der Waals surface area contributed by atoms with Crippen LogP contribution in [0.15, 0.2) is 17.0 Å². The van der Waals surface area contributed by atoms with Gasteiger partial charge >= 0.3 is 0 Å². The molecule has 0 bridgehead atoms. The van der Waals surface area contributed by atoms with Gasteiger partial charge in [-0.25, -0.2) is 8.42 Å². The normalized spacial score (nSPS) is 16.2. The summed E-state index contributed by atoms with van der Waals surface area (Å²) in [5.74, 6) is 0. The Morgan fingerprint density at radius 3 is 2.22 bits per heavy atom. The molecule has 2 rings (SSSR count). The summed E-state index contributed by atoms with van der Waals surface area (Å²) >= 11 is 12.0. The van der Waals surface area contributed by atoms with Gasteiger partial charge < -0.3 is 5.73 Å². The first kappa shape index (κ1) is 13.9. The number of nitrogens with zero attached hydrogens (tertiary/aromatic N) is 1. The topological polar surface area (TPSA) is 63.4 Å². The maximum absolute atomic E-state index is 12.5. The molecule has 0 unspecified atom stereocenters. The molecule has 7 heteroatoms. The Labute approximate surface area is 117 Å². The first-order chi connectivity index (χ1) is 8.37. The number of anilines is 1. The number of benzene rings is 1. The molecular formula is C11H14Cl2N2O2S. The van der Waals surface area contributed by atoms with E-state index in [4.69, 9.17) is 28.9 Å².